The summed E-state index contributed by atoms with van der Waals surface area (Å²) in [6.45, 7) is 15.1. The fraction of sp³-hybridized carbons (Fsp3) is 0.667. The number of carbonyl (C=O) groups excluding carboxylic acids is 1. The van der Waals surface area contributed by atoms with Crippen LogP contribution in [0.25, 0.3) is 0 Å². The molecule has 9 nitrogen and oxygen atoms in total. The molecule has 1 aromatic carbocycles. The van der Waals surface area contributed by atoms with Crippen molar-refractivity contribution >= 4 is 23.6 Å². The van der Waals surface area contributed by atoms with Gasteiger partial charge in [0.05, 0.1) is 23.5 Å². The largest absolute Gasteiger partial charge is 0.460 e. The van der Waals surface area contributed by atoms with Crippen LogP contribution >= 0.6 is 11.8 Å². The zero-order valence-electron chi connectivity index (χ0n) is 28.3. The molecule has 4 rings (SSSR count). The van der Waals surface area contributed by atoms with Gasteiger partial charge in [-0.15, -0.1) is 6.58 Å². The number of nitrogens with zero attached hydrogens (tertiary/aromatic N) is 1. The SMILES string of the molecule is C=CCOC12Oc3ccc(OC(=O)NCC)cc3C3C(CCCCO)C(CCCCO)C=C(C(=NOC(C)(C)C)CC1SCC)C32. The smallest absolute Gasteiger partial charge is 0.412 e. The Morgan fingerprint density at radius 1 is 1.17 bits per heavy atom. The van der Waals surface area contributed by atoms with Gasteiger partial charge in [0, 0.05) is 37.7 Å². The van der Waals surface area contributed by atoms with E-state index in [-0.39, 0.29) is 42.1 Å². The summed E-state index contributed by atoms with van der Waals surface area (Å²) < 4.78 is 19.6. The summed E-state index contributed by atoms with van der Waals surface area (Å²) in [5, 5.41) is 26.9. The number of hydrogen-bond acceptors (Lipinski definition) is 9. The Hall–Kier alpha value is -2.53. The second-order valence-corrected chi connectivity index (χ2v) is 14.8. The zero-order chi connectivity index (χ0) is 33.3. The predicted octanol–water partition coefficient (Wildman–Crippen LogP) is 6.98. The van der Waals surface area contributed by atoms with Gasteiger partial charge in [-0.2, -0.15) is 11.8 Å². The molecule has 1 aromatic rings. The van der Waals surface area contributed by atoms with Gasteiger partial charge >= 0.3 is 6.09 Å². The molecule has 46 heavy (non-hydrogen) atoms. The maximum atomic E-state index is 12.5. The number of oxime groups is 1. The van der Waals surface area contributed by atoms with Gasteiger partial charge in [0.2, 0.25) is 5.79 Å². The summed E-state index contributed by atoms with van der Waals surface area (Å²) in [6.07, 6.45) is 9.29. The minimum Gasteiger partial charge on any atom is -0.460 e. The first-order valence-electron chi connectivity index (χ1n) is 17.0. The van der Waals surface area contributed by atoms with E-state index in [9.17, 15) is 15.0 Å². The zero-order valence-corrected chi connectivity index (χ0v) is 29.1. The van der Waals surface area contributed by atoms with Crippen molar-refractivity contribution in [1.29, 1.82) is 0 Å². The molecule has 0 bridgehead atoms. The number of rotatable bonds is 16. The Balaban J connectivity index is 1.97. The number of ether oxygens (including phenoxy) is 3. The first-order chi connectivity index (χ1) is 22.1. The molecule has 1 amide bonds. The molecule has 0 saturated heterocycles. The molecule has 256 valence electrons. The van der Waals surface area contributed by atoms with Crippen molar-refractivity contribution in [3.05, 3.63) is 48.1 Å². The molecule has 3 aliphatic rings. The number of aliphatic hydroxyl groups is 2. The molecular formula is C36H54N2O7S. The standard InChI is InChI=1S/C36H54N2O7S/c1-7-20-42-36-31(46-9-3)23-29(38-45-35(4,5)6)27-21-24(14-10-12-18-39)26(15-11-13-19-40)32(33(27)36)28-22-25(16-17-30(28)44-36)43-34(41)37-8-2/h7,16-17,21-22,24,26,31-33,39-40H,1,8-15,18-20,23H2,2-6H3,(H,37,41). The van der Waals surface area contributed by atoms with E-state index in [1.54, 1.807) is 12.1 Å². The van der Waals surface area contributed by atoms with Crippen LogP contribution in [0.15, 0.2) is 47.7 Å². The highest BCUT2D eigenvalue weighted by atomic mass is 32.2. The number of unbranched alkanes of at least 4 members (excludes halogenated alkanes) is 2. The normalized spacial score (nSPS) is 27.6. The molecule has 3 N–H and O–H groups in total. The fourth-order valence-corrected chi connectivity index (χ4v) is 8.39. The van der Waals surface area contributed by atoms with Crippen molar-refractivity contribution in [1.82, 2.24) is 5.32 Å². The highest BCUT2D eigenvalue weighted by molar-refractivity contribution is 8.00. The lowest BCUT2D eigenvalue weighted by molar-refractivity contribution is -0.223. The summed E-state index contributed by atoms with van der Waals surface area (Å²) >= 11 is 1.81. The Labute approximate surface area is 279 Å². The van der Waals surface area contributed by atoms with Crippen LogP contribution in [-0.4, -0.2) is 70.8 Å². The van der Waals surface area contributed by atoms with Crippen LogP contribution in [-0.2, 0) is 9.57 Å². The molecule has 1 heterocycles. The number of allylic oxidation sites excluding steroid dienone is 1. The first kappa shape index (κ1) is 36.3. The predicted molar refractivity (Wildman–Crippen MR) is 184 cm³/mol. The number of nitrogens with one attached hydrogen (secondary N) is 1. The summed E-state index contributed by atoms with van der Waals surface area (Å²) in [7, 11) is 0. The number of amides is 1. The number of carbonyl (C=O) groups is 1. The Morgan fingerprint density at radius 2 is 1.91 bits per heavy atom. The summed E-state index contributed by atoms with van der Waals surface area (Å²) in [4.78, 5) is 18.6. The van der Waals surface area contributed by atoms with Crippen molar-refractivity contribution in [2.24, 2.45) is 22.9 Å². The molecule has 6 unspecified atom stereocenters. The third-order valence-corrected chi connectivity index (χ3v) is 10.2. The van der Waals surface area contributed by atoms with Gasteiger partial charge in [-0.05, 0) is 94.7 Å². The van der Waals surface area contributed by atoms with Crippen LogP contribution in [0, 0.1) is 17.8 Å². The van der Waals surface area contributed by atoms with E-state index in [1.165, 1.54) is 0 Å². The van der Waals surface area contributed by atoms with Crippen molar-refractivity contribution in [2.75, 3.05) is 32.1 Å². The lowest BCUT2D eigenvalue weighted by Gasteiger charge is -2.58. The highest BCUT2D eigenvalue weighted by Crippen LogP contribution is 2.62. The summed E-state index contributed by atoms with van der Waals surface area (Å²) in [5.74, 6) is 1.16. The maximum absolute atomic E-state index is 12.5. The van der Waals surface area contributed by atoms with E-state index in [2.05, 4.69) is 24.9 Å². The van der Waals surface area contributed by atoms with Gasteiger partial charge in [-0.1, -0.05) is 37.1 Å². The van der Waals surface area contributed by atoms with Crippen molar-refractivity contribution in [3.63, 3.8) is 0 Å². The van der Waals surface area contributed by atoms with E-state index in [4.69, 9.17) is 24.2 Å². The van der Waals surface area contributed by atoms with E-state index in [0.29, 0.717) is 25.3 Å². The molecule has 6 atom stereocenters. The number of fused-ring (bicyclic) bond motifs is 2. The molecule has 2 aliphatic carbocycles. The molecule has 1 fully saturated rings. The Bertz CT molecular complexity index is 1250. The van der Waals surface area contributed by atoms with Gasteiger partial charge in [-0.3, -0.25) is 0 Å². The minimum atomic E-state index is -0.994. The van der Waals surface area contributed by atoms with E-state index in [1.807, 2.05) is 51.6 Å². The fourth-order valence-electron chi connectivity index (χ4n) is 7.22. The molecule has 1 saturated carbocycles. The topological polar surface area (TPSA) is 119 Å². The van der Waals surface area contributed by atoms with Crippen LogP contribution in [0.2, 0.25) is 0 Å². The van der Waals surface area contributed by atoms with Gasteiger partial charge in [0.15, 0.2) is 0 Å². The van der Waals surface area contributed by atoms with E-state index < -0.39 is 17.5 Å². The van der Waals surface area contributed by atoms with Gasteiger partial charge in [0.1, 0.15) is 17.1 Å². The monoisotopic (exact) mass is 658 g/mol. The number of thioether (sulfide) groups is 1. The van der Waals surface area contributed by atoms with Crippen molar-refractivity contribution < 1.29 is 34.1 Å². The Morgan fingerprint density at radius 3 is 2.57 bits per heavy atom. The Kier molecular flexibility index (Phi) is 13.0. The first-order valence-corrected chi connectivity index (χ1v) is 18.0. The third-order valence-electron chi connectivity index (χ3n) is 8.95. The molecule has 0 aromatic heterocycles. The average Bonchev–Trinajstić information content (AvgIpc) is 3.01. The lowest BCUT2D eigenvalue weighted by Crippen LogP contribution is -2.64. The second kappa shape index (κ2) is 16.5. The lowest BCUT2D eigenvalue weighted by atomic mass is 9.56. The molecule has 0 spiro atoms. The van der Waals surface area contributed by atoms with Crippen molar-refractivity contribution in [3.8, 4) is 11.5 Å². The van der Waals surface area contributed by atoms with E-state index in [0.717, 1.165) is 66.9 Å². The highest BCUT2D eigenvalue weighted by Gasteiger charge is 2.63. The van der Waals surface area contributed by atoms with Gasteiger partial charge in [-0.25, -0.2) is 4.79 Å². The number of benzene rings is 1. The number of aliphatic hydroxyl groups excluding tert-OH is 2. The summed E-state index contributed by atoms with van der Waals surface area (Å²) in [6, 6.07) is 5.64. The third kappa shape index (κ3) is 8.30. The average molecular weight is 659 g/mol. The molecular weight excluding hydrogens is 604 g/mol. The molecule has 1 aliphatic heterocycles. The van der Waals surface area contributed by atoms with Crippen LogP contribution in [0.3, 0.4) is 0 Å². The van der Waals surface area contributed by atoms with Crippen LogP contribution in [0.4, 0.5) is 4.79 Å². The number of hydrogen-bond donors (Lipinski definition) is 3. The van der Waals surface area contributed by atoms with Crippen LogP contribution in [0.1, 0.15) is 91.0 Å². The van der Waals surface area contributed by atoms with Crippen molar-refractivity contribution in [2.45, 2.75) is 102 Å². The second-order valence-electron chi connectivity index (χ2n) is 13.3. The van der Waals surface area contributed by atoms with Crippen LogP contribution < -0.4 is 14.8 Å². The van der Waals surface area contributed by atoms with Crippen LogP contribution in [0.5, 0.6) is 11.5 Å². The van der Waals surface area contributed by atoms with Gasteiger partial charge < -0.3 is 34.6 Å². The molecule has 0 radical (unpaired) electrons. The molecule has 10 heteroatoms. The maximum Gasteiger partial charge on any atom is 0.412 e. The quantitative estimate of drug-likeness (QED) is 0.0989. The van der Waals surface area contributed by atoms with E-state index >= 15 is 0 Å². The summed E-state index contributed by atoms with van der Waals surface area (Å²) in [5.41, 5.74) is 2.52. The minimum absolute atomic E-state index is 0.0516. The van der Waals surface area contributed by atoms with Gasteiger partial charge in [0.25, 0.3) is 0 Å².